The van der Waals surface area contributed by atoms with Crippen molar-refractivity contribution in [1.29, 1.82) is 0 Å². The van der Waals surface area contributed by atoms with Gasteiger partial charge in [0.2, 0.25) is 16.6 Å². The summed E-state index contributed by atoms with van der Waals surface area (Å²) in [6.45, 7) is 13.4. The van der Waals surface area contributed by atoms with E-state index in [1.165, 1.54) is 13.8 Å². The van der Waals surface area contributed by atoms with Crippen LogP contribution in [-0.2, 0) is 29.7 Å². The zero-order valence-corrected chi connectivity index (χ0v) is 22.9. The summed E-state index contributed by atoms with van der Waals surface area (Å²) in [5, 5.41) is -5.29. The van der Waals surface area contributed by atoms with Gasteiger partial charge in [0.1, 0.15) is 10.4 Å². The first kappa shape index (κ1) is 22.7. The van der Waals surface area contributed by atoms with E-state index in [9.17, 15) is 24.0 Å². The molecule has 29 heavy (non-hydrogen) atoms. The van der Waals surface area contributed by atoms with Crippen molar-refractivity contribution in [2.75, 3.05) is 0 Å². The molecular formula is C11H26O12Si6. The Labute approximate surface area is 174 Å². The van der Waals surface area contributed by atoms with Crippen LogP contribution in [-0.4, -0.2) is 92.0 Å². The van der Waals surface area contributed by atoms with Crippen LogP contribution in [0.1, 0.15) is 13.8 Å². The zero-order valence-electron chi connectivity index (χ0n) is 16.9. The maximum Gasteiger partial charge on any atom is 0.667 e. The van der Waals surface area contributed by atoms with Crippen LogP contribution in [0.5, 0.6) is 0 Å². The number of fused-ring (bicyclic) bond motifs is 1. The molecule has 18 heteroatoms. The first-order chi connectivity index (χ1) is 12.8. The van der Waals surface area contributed by atoms with Gasteiger partial charge in [-0.05, 0) is 45.7 Å². The molecule has 4 rings (SSSR count). The molecule has 166 valence electrons. The van der Waals surface area contributed by atoms with Gasteiger partial charge in [-0.25, -0.2) is 0 Å². The van der Waals surface area contributed by atoms with Crippen molar-refractivity contribution in [3.8, 4) is 0 Å². The summed E-state index contributed by atoms with van der Waals surface area (Å²) in [5.41, 5.74) is 1.02. The van der Waals surface area contributed by atoms with Crippen LogP contribution in [0, 0.1) is 0 Å². The van der Waals surface area contributed by atoms with E-state index in [-0.39, 0.29) is 0 Å². The smallest absolute Gasteiger partial charge is 0.412 e. The summed E-state index contributed by atoms with van der Waals surface area (Å²) in [5.74, 6) is 0. The molecule has 2 bridgehead atoms. The second kappa shape index (κ2) is 5.54. The van der Waals surface area contributed by atoms with Crippen LogP contribution in [0.2, 0.25) is 26.2 Å². The van der Waals surface area contributed by atoms with Gasteiger partial charge in [0.05, 0.1) is 0 Å². The molecule has 12 nitrogen and oxygen atoms in total. The van der Waals surface area contributed by atoms with Gasteiger partial charge in [-0.3, -0.25) is 0 Å². The molecule has 0 saturated carbocycles. The van der Waals surface area contributed by atoms with Crippen molar-refractivity contribution in [3.63, 3.8) is 0 Å². The summed E-state index contributed by atoms with van der Waals surface area (Å²) in [6.07, 6.45) is 0. The molecule has 4 aliphatic rings. The van der Waals surface area contributed by atoms with Crippen LogP contribution in [0.15, 0.2) is 12.3 Å². The van der Waals surface area contributed by atoms with Crippen molar-refractivity contribution >= 4 is 52.3 Å². The van der Waals surface area contributed by atoms with E-state index in [1.54, 1.807) is 26.2 Å². The molecule has 2 unspecified atom stereocenters. The van der Waals surface area contributed by atoms with E-state index in [0.717, 1.165) is 5.70 Å². The summed E-state index contributed by atoms with van der Waals surface area (Å²) >= 11 is 0. The van der Waals surface area contributed by atoms with Gasteiger partial charge >= 0.3 is 35.7 Å². The van der Waals surface area contributed by atoms with Crippen molar-refractivity contribution in [3.05, 3.63) is 12.3 Å². The SMILES string of the molecule is C=C[Si]12OC34C(C)(O[Si](O)(O)O1)[Si](C)(C)O[Si]3(O)O[Si](C)(C)C4(C)O[Si](O)(O)O2. The second-order valence-electron chi connectivity index (χ2n) is 8.97. The second-order valence-corrected chi connectivity index (χ2v) is 26.5. The van der Waals surface area contributed by atoms with E-state index in [1.807, 2.05) is 0 Å². The highest BCUT2D eigenvalue weighted by Gasteiger charge is 2.98. The highest BCUT2D eigenvalue weighted by Crippen LogP contribution is 2.67. The van der Waals surface area contributed by atoms with Gasteiger partial charge in [-0.1, -0.05) is 6.58 Å². The first-order valence-corrected chi connectivity index (χ1v) is 21.7. The van der Waals surface area contributed by atoms with Gasteiger partial charge in [0.15, 0.2) is 5.22 Å². The van der Waals surface area contributed by atoms with E-state index in [4.69, 9.17) is 29.7 Å². The summed E-state index contributed by atoms with van der Waals surface area (Å²) in [7, 11) is -25.2. The molecule has 4 aliphatic heterocycles. The molecule has 4 saturated heterocycles. The Kier molecular flexibility index (Phi) is 4.35. The fourth-order valence-electron chi connectivity index (χ4n) is 4.95. The van der Waals surface area contributed by atoms with Crippen molar-refractivity contribution < 1.29 is 53.7 Å². The molecule has 5 N–H and O–H groups in total. The molecule has 1 spiro atoms. The quantitative estimate of drug-likeness (QED) is 0.240. The van der Waals surface area contributed by atoms with Gasteiger partial charge in [0, 0.05) is 0 Å². The van der Waals surface area contributed by atoms with Crippen LogP contribution in [0.3, 0.4) is 0 Å². The lowest BCUT2D eigenvalue weighted by Crippen LogP contribution is -2.80. The lowest BCUT2D eigenvalue weighted by Gasteiger charge is -2.52. The maximum absolute atomic E-state index is 11.8. The van der Waals surface area contributed by atoms with Crippen LogP contribution < -0.4 is 0 Å². The average Bonchev–Trinajstić information content (AvgIpc) is 2.60. The molecule has 0 aromatic heterocycles. The van der Waals surface area contributed by atoms with Crippen LogP contribution >= 0.6 is 0 Å². The minimum absolute atomic E-state index is 1.02. The lowest BCUT2D eigenvalue weighted by atomic mass is 10.1. The Bertz CT molecular complexity index is 740. The number of hydrogen-bond donors (Lipinski definition) is 5. The Morgan fingerprint density at radius 1 is 0.690 bits per heavy atom. The van der Waals surface area contributed by atoms with Crippen molar-refractivity contribution in [1.82, 2.24) is 0 Å². The summed E-state index contributed by atoms with van der Waals surface area (Å²) in [4.78, 5) is 54.4. The Balaban J connectivity index is 2.15. The van der Waals surface area contributed by atoms with E-state index < -0.39 is 68.0 Å². The standard InChI is InChI=1S/C11H26O12Si6/c1-8-26-19-11-9(2,17-28(13,14)22-26)24(4,5)20-27(11,12)21-25(6,7)10(11,3)18-29(15,16)23-26/h8,12-16H,1H2,2-7H3. The maximum atomic E-state index is 11.8. The fraction of sp³-hybridized carbons (Fsp3) is 0.818. The normalized spacial score (nSPS) is 53.6. The van der Waals surface area contributed by atoms with Crippen LogP contribution in [0.25, 0.3) is 0 Å². The average molecular weight is 519 g/mol. The molecule has 0 aliphatic carbocycles. The largest absolute Gasteiger partial charge is 0.667 e. The minimum atomic E-state index is -4.99. The fourth-order valence-corrected chi connectivity index (χ4v) is 31.4. The van der Waals surface area contributed by atoms with Gasteiger partial charge in [-0.15, -0.1) is 0 Å². The Hall–Kier alpha value is 0.561. The third-order valence-corrected chi connectivity index (χ3v) is 28.3. The van der Waals surface area contributed by atoms with E-state index >= 15 is 0 Å². The predicted octanol–water partition coefficient (Wildman–Crippen LogP) is -2.12. The van der Waals surface area contributed by atoms with Crippen LogP contribution in [0.4, 0.5) is 0 Å². The Morgan fingerprint density at radius 2 is 1.07 bits per heavy atom. The third kappa shape index (κ3) is 2.46. The molecule has 0 aromatic carbocycles. The number of hydrogen-bond acceptors (Lipinski definition) is 12. The number of rotatable bonds is 1. The zero-order chi connectivity index (χ0) is 22.2. The monoisotopic (exact) mass is 518 g/mol. The summed E-state index contributed by atoms with van der Waals surface area (Å²) < 4.78 is 41.1. The Morgan fingerprint density at radius 3 is 1.41 bits per heavy atom. The molecular weight excluding hydrogens is 493 g/mol. The topological polar surface area (TPSA) is 166 Å². The van der Waals surface area contributed by atoms with Crippen molar-refractivity contribution in [2.24, 2.45) is 0 Å². The predicted molar refractivity (Wildman–Crippen MR) is 106 cm³/mol. The van der Waals surface area contributed by atoms with E-state index in [0.29, 0.717) is 0 Å². The highest BCUT2D eigenvalue weighted by molar-refractivity contribution is 6.99. The van der Waals surface area contributed by atoms with Gasteiger partial charge in [0.25, 0.3) is 0 Å². The van der Waals surface area contributed by atoms with Gasteiger partial charge in [-0.2, -0.15) is 0 Å². The highest BCUT2D eigenvalue weighted by atomic mass is 28.5. The summed E-state index contributed by atoms with van der Waals surface area (Å²) in [6, 6.07) is 0. The molecule has 0 amide bonds. The molecule has 4 fully saturated rings. The molecule has 2 atom stereocenters. The molecule has 4 heterocycles. The van der Waals surface area contributed by atoms with Gasteiger partial charge < -0.3 is 53.7 Å². The first-order valence-electron chi connectivity index (χ1n) is 8.92. The van der Waals surface area contributed by atoms with Crippen molar-refractivity contribution in [2.45, 2.75) is 55.7 Å². The minimum Gasteiger partial charge on any atom is -0.412 e. The molecule has 0 radical (unpaired) electrons. The van der Waals surface area contributed by atoms with E-state index in [2.05, 4.69) is 6.58 Å². The third-order valence-electron chi connectivity index (χ3n) is 6.64. The molecule has 0 aromatic rings. The lowest BCUT2D eigenvalue weighted by molar-refractivity contribution is -0.119.